The van der Waals surface area contributed by atoms with Gasteiger partial charge in [0.05, 0.1) is 12.7 Å². The summed E-state index contributed by atoms with van der Waals surface area (Å²) in [6.45, 7) is 2.82. The topological polar surface area (TPSA) is 63.2 Å². The standard InChI is InChI=1S/C15H17N3O2.ClH/c19-15(18-10-12-9-16-7-8-20-12)14-13-4-2-1-3-11(13)5-6-17-14;/h1-6,12,16H,7-10H2,(H,18,19);1H. The van der Waals surface area contributed by atoms with Gasteiger partial charge >= 0.3 is 0 Å². The van der Waals surface area contributed by atoms with Gasteiger partial charge in [-0.15, -0.1) is 12.4 Å². The van der Waals surface area contributed by atoms with Crippen LogP contribution in [0.2, 0.25) is 0 Å². The molecule has 5 nitrogen and oxygen atoms in total. The molecule has 1 aromatic heterocycles. The van der Waals surface area contributed by atoms with E-state index in [1.54, 1.807) is 6.20 Å². The maximum absolute atomic E-state index is 12.3. The zero-order chi connectivity index (χ0) is 13.8. The van der Waals surface area contributed by atoms with Gasteiger partial charge in [0, 0.05) is 31.2 Å². The first-order valence-electron chi connectivity index (χ1n) is 6.79. The molecule has 1 aliphatic heterocycles. The van der Waals surface area contributed by atoms with Crippen molar-refractivity contribution in [2.24, 2.45) is 0 Å². The molecule has 1 unspecified atom stereocenters. The lowest BCUT2D eigenvalue weighted by atomic mass is 10.1. The summed E-state index contributed by atoms with van der Waals surface area (Å²) in [6, 6.07) is 9.65. The smallest absolute Gasteiger partial charge is 0.270 e. The molecular formula is C15H18ClN3O2. The first-order valence-corrected chi connectivity index (χ1v) is 6.79. The number of halogens is 1. The highest BCUT2D eigenvalue weighted by molar-refractivity contribution is 6.05. The lowest BCUT2D eigenvalue weighted by molar-refractivity contribution is 0.0287. The van der Waals surface area contributed by atoms with Crippen LogP contribution in [0.3, 0.4) is 0 Å². The van der Waals surface area contributed by atoms with Crippen molar-refractivity contribution in [2.45, 2.75) is 6.10 Å². The summed E-state index contributed by atoms with van der Waals surface area (Å²) >= 11 is 0. The molecule has 0 radical (unpaired) electrons. The minimum absolute atomic E-state index is 0. The normalized spacial score (nSPS) is 18.0. The van der Waals surface area contributed by atoms with Crippen LogP contribution in [0.25, 0.3) is 10.8 Å². The van der Waals surface area contributed by atoms with Gasteiger partial charge in [-0.05, 0) is 11.5 Å². The third-order valence-electron chi connectivity index (χ3n) is 3.38. The first-order chi connectivity index (χ1) is 9.84. The Balaban J connectivity index is 0.00000161. The van der Waals surface area contributed by atoms with Gasteiger partial charge in [0.15, 0.2) is 0 Å². The number of hydrogen-bond acceptors (Lipinski definition) is 4. The molecule has 3 rings (SSSR count). The van der Waals surface area contributed by atoms with Crippen molar-refractivity contribution < 1.29 is 9.53 Å². The van der Waals surface area contributed by atoms with Crippen molar-refractivity contribution in [3.05, 3.63) is 42.2 Å². The van der Waals surface area contributed by atoms with Gasteiger partial charge in [0.25, 0.3) is 5.91 Å². The molecule has 0 bridgehead atoms. The Bertz CT molecular complexity index is 609. The average molecular weight is 308 g/mol. The average Bonchev–Trinajstić information content (AvgIpc) is 2.53. The highest BCUT2D eigenvalue weighted by Crippen LogP contribution is 2.16. The van der Waals surface area contributed by atoms with E-state index in [-0.39, 0.29) is 24.4 Å². The zero-order valence-electron chi connectivity index (χ0n) is 11.5. The van der Waals surface area contributed by atoms with Crippen molar-refractivity contribution in [1.82, 2.24) is 15.6 Å². The molecule has 1 saturated heterocycles. The van der Waals surface area contributed by atoms with Crippen LogP contribution in [-0.2, 0) is 4.74 Å². The molecule has 2 aromatic rings. The molecule has 6 heteroatoms. The van der Waals surface area contributed by atoms with Crippen molar-refractivity contribution >= 4 is 29.1 Å². The van der Waals surface area contributed by atoms with Gasteiger partial charge in [-0.1, -0.05) is 24.3 Å². The summed E-state index contributed by atoms with van der Waals surface area (Å²) < 4.78 is 5.55. The molecule has 2 N–H and O–H groups in total. The second kappa shape index (κ2) is 7.36. The number of fused-ring (bicyclic) bond motifs is 1. The molecule has 1 fully saturated rings. The Morgan fingerprint density at radius 3 is 3.05 bits per heavy atom. The summed E-state index contributed by atoms with van der Waals surface area (Å²) in [5, 5.41) is 8.02. The quantitative estimate of drug-likeness (QED) is 0.899. The van der Waals surface area contributed by atoms with Crippen LogP contribution in [0.5, 0.6) is 0 Å². The van der Waals surface area contributed by atoms with Crippen molar-refractivity contribution in [2.75, 3.05) is 26.2 Å². The van der Waals surface area contributed by atoms with Crippen LogP contribution in [0, 0.1) is 0 Å². The van der Waals surface area contributed by atoms with Crippen LogP contribution >= 0.6 is 12.4 Å². The predicted molar refractivity (Wildman–Crippen MR) is 83.9 cm³/mol. The number of aromatic nitrogens is 1. The van der Waals surface area contributed by atoms with E-state index in [0.29, 0.717) is 18.8 Å². The van der Waals surface area contributed by atoms with Crippen molar-refractivity contribution in [3.8, 4) is 0 Å². The number of ether oxygens (including phenoxy) is 1. The van der Waals surface area contributed by atoms with E-state index in [4.69, 9.17) is 4.74 Å². The summed E-state index contributed by atoms with van der Waals surface area (Å²) in [6.07, 6.45) is 1.69. The van der Waals surface area contributed by atoms with Crippen LogP contribution in [0.4, 0.5) is 0 Å². The van der Waals surface area contributed by atoms with E-state index in [1.807, 2.05) is 30.3 Å². The highest BCUT2D eigenvalue weighted by Gasteiger charge is 2.16. The Morgan fingerprint density at radius 1 is 1.38 bits per heavy atom. The van der Waals surface area contributed by atoms with E-state index in [0.717, 1.165) is 23.9 Å². The third kappa shape index (κ3) is 3.69. The fraction of sp³-hybridized carbons (Fsp3) is 0.333. The molecule has 0 spiro atoms. The number of amides is 1. The molecule has 0 saturated carbocycles. The summed E-state index contributed by atoms with van der Waals surface area (Å²) in [5.74, 6) is -0.157. The van der Waals surface area contributed by atoms with E-state index < -0.39 is 0 Å². The molecule has 1 aliphatic rings. The van der Waals surface area contributed by atoms with Gasteiger partial charge in [-0.25, -0.2) is 0 Å². The molecule has 1 atom stereocenters. The van der Waals surface area contributed by atoms with Gasteiger partial charge in [-0.3, -0.25) is 9.78 Å². The second-order valence-corrected chi connectivity index (χ2v) is 4.79. The molecule has 2 heterocycles. The number of benzene rings is 1. The van der Waals surface area contributed by atoms with E-state index >= 15 is 0 Å². The number of nitrogens with zero attached hydrogens (tertiary/aromatic N) is 1. The number of pyridine rings is 1. The molecule has 112 valence electrons. The fourth-order valence-electron chi connectivity index (χ4n) is 2.34. The number of rotatable bonds is 3. The summed E-state index contributed by atoms with van der Waals surface area (Å²) in [7, 11) is 0. The Kier molecular flexibility index (Phi) is 5.50. The lowest BCUT2D eigenvalue weighted by Crippen LogP contribution is -2.45. The predicted octanol–water partition coefficient (Wildman–Crippen LogP) is 1.37. The zero-order valence-corrected chi connectivity index (χ0v) is 12.4. The maximum Gasteiger partial charge on any atom is 0.270 e. The molecular weight excluding hydrogens is 290 g/mol. The third-order valence-corrected chi connectivity index (χ3v) is 3.38. The second-order valence-electron chi connectivity index (χ2n) is 4.79. The SMILES string of the molecule is Cl.O=C(NCC1CNCCO1)c1nccc2ccccc12. The highest BCUT2D eigenvalue weighted by atomic mass is 35.5. The Hall–Kier alpha value is -1.69. The van der Waals surface area contributed by atoms with Crippen molar-refractivity contribution in [1.29, 1.82) is 0 Å². The number of morpholine rings is 1. The largest absolute Gasteiger partial charge is 0.374 e. The number of hydrogen-bond donors (Lipinski definition) is 2. The Labute approximate surface area is 129 Å². The van der Waals surface area contributed by atoms with Gasteiger partial charge in [0.2, 0.25) is 0 Å². The number of nitrogens with one attached hydrogen (secondary N) is 2. The van der Waals surface area contributed by atoms with Gasteiger partial charge in [0.1, 0.15) is 5.69 Å². The van der Waals surface area contributed by atoms with Crippen LogP contribution in [-0.4, -0.2) is 43.2 Å². The maximum atomic E-state index is 12.3. The van der Waals surface area contributed by atoms with E-state index in [2.05, 4.69) is 15.6 Å². The number of carbonyl (C=O) groups is 1. The van der Waals surface area contributed by atoms with Crippen LogP contribution in [0.1, 0.15) is 10.5 Å². The summed E-state index contributed by atoms with van der Waals surface area (Å²) in [5.41, 5.74) is 0.465. The Morgan fingerprint density at radius 2 is 2.24 bits per heavy atom. The van der Waals surface area contributed by atoms with Gasteiger partial charge < -0.3 is 15.4 Å². The minimum atomic E-state index is -0.157. The minimum Gasteiger partial charge on any atom is -0.374 e. The first kappa shape index (κ1) is 15.7. The number of carbonyl (C=O) groups excluding carboxylic acids is 1. The molecule has 21 heavy (non-hydrogen) atoms. The monoisotopic (exact) mass is 307 g/mol. The van der Waals surface area contributed by atoms with Gasteiger partial charge in [-0.2, -0.15) is 0 Å². The lowest BCUT2D eigenvalue weighted by Gasteiger charge is -2.23. The molecule has 0 aliphatic carbocycles. The van der Waals surface area contributed by atoms with Crippen molar-refractivity contribution in [3.63, 3.8) is 0 Å². The summed E-state index contributed by atoms with van der Waals surface area (Å²) in [4.78, 5) is 16.5. The fourth-order valence-corrected chi connectivity index (χ4v) is 2.34. The van der Waals surface area contributed by atoms with Crippen LogP contribution in [0.15, 0.2) is 36.5 Å². The van der Waals surface area contributed by atoms with Crippen LogP contribution < -0.4 is 10.6 Å². The van der Waals surface area contributed by atoms with E-state index in [9.17, 15) is 4.79 Å². The molecule has 1 aromatic carbocycles. The molecule has 1 amide bonds. The van der Waals surface area contributed by atoms with E-state index in [1.165, 1.54) is 0 Å².